The molecule has 0 aliphatic carbocycles. The maximum atomic E-state index is 12.3. The van der Waals surface area contributed by atoms with Gasteiger partial charge in [0, 0.05) is 63.3 Å². The first-order valence-electron chi connectivity index (χ1n) is 8.04. The van der Waals surface area contributed by atoms with Crippen molar-refractivity contribution in [3.8, 4) is 5.75 Å². The van der Waals surface area contributed by atoms with Crippen LogP contribution in [0.4, 0.5) is 5.69 Å². The van der Waals surface area contributed by atoms with Crippen LogP contribution in [0.3, 0.4) is 0 Å². The predicted molar refractivity (Wildman–Crippen MR) is 90.8 cm³/mol. The average Bonchev–Trinajstić information content (AvgIpc) is 3.13. The molecule has 5 nitrogen and oxygen atoms in total. The molecule has 1 fully saturated rings. The van der Waals surface area contributed by atoms with E-state index in [-0.39, 0.29) is 5.91 Å². The van der Waals surface area contributed by atoms with E-state index < -0.39 is 0 Å². The molecule has 0 atom stereocenters. The lowest BCUT2D eigenvalue weighted by atomic mass is 10.2. The van der Waals surface area contributed by atoms with Gasteiger partial charge in [0.05, 0.1) is 7.11 Å². The van der Waals surface area contributed by atoms with Crippen molar-refractivity contribution in [3.05, 3.63) is 48.8 Å². The van der Waals surface area contributed by atoms with Gasteiger partial charge in [0.2, 0.25) is 5.91 Å². The predicted octanol–water partition coefficient (Wildman–Crippen LogP) is 2.24. The number of benzene rings is 1. The fraction of sp³-hybridized carbons (Fsp3) is 0.389. The van der Waals surface area contributed by atoms with E-state index >= 15 is 0 Å². The summed E-state index contributed by atoms with van der Waals surface area (Å²) in [5, 5.41) is 0. The highest BCUT2D eigenvalue weighted by Gasteiger charge is 2.21. The first-order valence-corrected chi connectivity index (χ1v) is 8.04. The monoisotopic (exact) mass is 313 g/mol. The first-order chi connectivity index (χ1) is 11.3. The van der Waals surface area contributed by atoms with Crippen LogP contribution >= 0.6 is 0 Å². The Morgan fingerprint density at radius 3 is 2.52 bits per heavy atom. The minimum atomic E-state index is 0.240. The molecule has 1 aromatic heterocycles. The molecule has 5 heteroatoms. The average molecular weight is 313 g/mol. The van der Waals surface area contributed by atoms with Gasteiger partial charge in [-0.05, 0) is 24.3 Å². The molecule has 0 unspecified atom stereocenters. The Kier molecular flexibility index (Phi) is 4.86. The second-order valence-corrected chi connectivity index (χ2v) is 5.74. The highest BCUT2D eigenvalue weighted by atomic mass is 16.5. The van der Waals surface area contributed by atoms with Crippen molar-refractivity contribution in [1.29, 1.82) is 0 Å². The third kappa shape index (κ3) is 3.86. The third-order valence-corrected chi connectivity index (χ3v) is 4.30. The highest BCUT2D eigenvalue weighted by molar-refractivity contribution is 5.76. The second-order valence-electron chi connectivity index (χ2n) is 5.74. The van der Waals surface area contributed by atoms with Gasteiger partial charge < -0.3 is 19.1 Å². The Morgan fingerprint density at radius 2 is 1.83 bits per heavy atom. The summed E-state index contributed by atoms with van der Waals surface area (Å²) in [6, 6.07) is 12.1. The molecule has 1 saturated heterocycles. The number of methoxy groups -OCH3 is 1. The minimum Gasteiger partial charge on any atom is -0.497 e. The van der Waals surface area contributed by atoms with Gasteiger partial charge >= 0.3 is 0 Å². The van der Waals surface area contributed by atoms with Gasteiger partial charge in [-0.3, -0.25) is 4.79 Å². The molecule has 0 spiro atoms. The standard InChI is InChI=1S/C18H23N3O2/c1-23-17-6-4-5-16(15-17)20-11-13-21(14-12-20)18(22)7-10-19-8-2-3-9-19/h2-6,8-9,15H,7,10-14H2,1H3. The van der Waals surface area contributed by atoms with Crippen molar-refractivity contribution in [3.63, 3.8) is 0 Å². The molecule has 2 aromatic rings. The summed E-state index contributed by atoms with van der Waals surface area (Å²) in [5.41, 5.74) is 1.16. The SMILES string of the molecule is COc1cccc(N2CCN(C(=O)CCn3cccc3)CC2)c1. The number of nitrogens with zero attached hydrogens (tertiary/aromatic N) is 3. The number of carbonyl (C=O) groups excluding carboxylic acids is 1. The fourth-order valence-electron chi connectivity index (χ4n) is 2.92. The lowest BCUT2D eigenvalue weighted by Crippen LogP contribution is -2.48. The summed E-state index contributed by atoms with van der Waals surface area (Å²) in [6.07, 6.45) is 4.55. The Bertz CT molecular complexity index is 631. The van der Waals surface area contributed by atoms with E-state index in [1.807, 2.05) is 52.2 Å². The van der Waals surface area contributed by atoms with Crippen LogP contribution in [0, 0.1) is 0 Å². The number of carbonyl (C=O) groups is 1. The number of rotatable bonds is 5. The second kappa shape index (κ2) is 7.22. The number of amides is 1. The smallest absolute Gasteiger partial charge is 0.224 e. The molecule has 1 aromatic carbocycles. The Hall–Kier alpha value is -2.43. The quantitative estimate of drug-likeness (QED) is 0.849. The van der Waals surface area contributed by atoms with E-state index in [1.165, 1.54) is 0 Å². The summed E-state index contributed by atoms with van der Waals surface area (Å²) in [5.74, 6) is 1.11. The molecular formula is C18H23N3O2. The van der Waals surface area contributed by atoms with Gasteiger partial charge in [0.15, 0.2) is 0 Å². The summed E-state index contributed by atoms with van der Waals surface area (Å²) in [4.78, 5) is 16.6. The van der Waals surface area contributed by atoms with E-state index in [9.17, 15) is 4.79 Å². The van der Waals surface area contributed by atoms with Gasteiger partial charge in [0.25, 0.3) is 0 Å². The largest absolute Gasteiger partial charge is 0.497 e. The topological polar surface area (TPSA) is 37.7 Å². The number of aryl methyl sites for hydroxylation is 1. The lowest BCUT2D eigenvalue weighted by Gasteiger charge is -2.36. The zero-order valence-corrected chi connectivity index (χ0v) is 13.5. The van der Waals surface area contributed by atoms with E-state index in [0.29, 0.717) is 6.42 Å². The van der Waals surface area contributed by atoms with Gasteiger partial charge in [-0.2, -0.15) is 0 Å². The van der Waals surface area contributed by atoms with E-state index in [1.54, 1.807) is 7.11 Å². The van der Waals surface area contributed by atoms with Crippen molar-refractivity contribution in [2.45, 2.75) is 13.0 Å². The van der Waals surface area contributed by atoms with Crippen molar-refractivity contribution in [1.82, 2.24) is 9.47 Å². The Labute approximate surface area is 137 Å². The summed E-state index contributed by atoms with van der Waals surface area (Å²) < 4.78 is 7.32. The molecule has 122 valence electrons. The van der Waals surface area contributed by atoms with E-state index in [2.05, 4.69) is 11.0 Å². The Balaban J connectivity index is 1.50. The van der Waals surface area contributed by atoms with Gasteiger partial charge in [0.1, 0.15) is 5.75 Å². The number of piperazine rings is 1. The van der Waals surface area contributed by atoms with Gasteiger partial charge in [-0.15, -0.1) is 0 Å². The number of anilines is 1. The van der Waals surface area contributed by atoms with Crippen molar-refractivity contribution < 1.29 is 9.53 Å². The van der Waals surface area contributed by atoms with Crippen LogP contribution in [-0.4, -0.2) is 48.7 Å². The summed E-state index contributed by atoms with van der Waals surface area (Å²) in [6.45, 7) is 4.04. The van der Waals surface area contributed by atoms with Crippen LogP contribution in [0.5, 0.6) is 5.75 Å². The normalized spacial score (nSPS) is 14.8. The maximum Gasteiger partial charge on any atom is 0.224 e. The molecule has 0 N–H and O–H groups in total. The molecule has 23 heavy (non-hydrogen) atoms. The fourth-order valence-corrected chi connectivity index (χ4v) is 2.92. The van der Waals surface area contributed by atoms with Crippen molar-refractivity contribution in [2.24, 2.45) is 0 Å². The number of ether oxygens (including phenoxy) is 1. The van der Waals surface area contributed by atoms with Crippen LogP contribution < -0.4 is 9.64 Å². The van der Waals surface area contributed by atoms with Crippen LogP contribution in [0.1, 0.15) is 6.42 Å². The molecule has 1 aliphatic rings. The maximum absolute atomic E-state index is 12.3. The molecule has 2 heterocycles. The van der Waals surface area contributed by atoms with Gasteiger partial charge in [-0.1, -0.05) is 6.07 Å². The summed E-state index contributed by atoms with van der Waals surface area (Å²) >= 11 is 0. The molecule has 3 rings (SSSR count). The van der Waals surface area contributed by atoms with Gasteiger partial charge in [-0.25, -0.2) is 0 Å². The van der Waals surface area contributed by atoms with E-state index in [0.717, 1.165) is 44.2 Å². The molecule has 0 radical (unpaired) electrons. The first kappa shape index (κ1) is 15.5. The third-order valence-electron chi connectivity index (χ3n) is 4.30. The van der Waals surface area contributed by atoms with Crippen LogP contribution in [0.15, 0.2) is 48.8 Å². The molecule has 1 aliphatic heterocycles. The number of hydrogen-bond acceptors (Lipinski definition) is 3. The van der Waals surface area contributed by atoms with Crippen LogP contribution in [-0.2, 0) is 11.3 Å². The minimum absolute atomic E-state index is 0.240. The molecule has 0 bridgehead atoms. The zero-order chi connectivity index (χ0) is 16.1. The van der Waals surface area contributed by atoms with Crippen molar-refractivity contribution >= 4 is 11.6 Å². The van der Waals surface area contributed by atoms with Crippen molar-refractivity contribution in [2.75, 3.05) is 38.2 Å². The summed E-state index contributed by atoms with van der Waals surface area (Å²) in [7, 11) is 1.68. The van der Waals surface area contributed by atoms with E-state index in [4.69, 9.17) is 4.74 Å². The number of aromatic nitrogens is 1. The highest BCUT2D eigenvalue weighted by Crippen LogP contribution is 2.22. The van der Waals surface area contributed by atoms with Crippen LogP contribution in [0.25, 0.3) is 0 Å². The molecule has 1 amide bonds. The zero-order valence-electron chi connectivity index (χ0n) is 13.5. The molecule has 0 saturated carbocycles. The molecular weight excluding hydrogens is 290 g/mol. The van der Waals surface area contributed by atoms with Crippen LogP contribution in [0.2, 0.25) is 0 Å². The number of hydrogen-bond donors (Lipinski definition) is 0. The lowest BCUT2D eigenvalue weighted by molar-refractivity contribution is -0.131. The Morgan fingerprint density at radius 1 is 1.09 bits per heavy atom.